The smallest absolute Gasteiger partial charge is 0.0897 e. The third-order valence-electron chi connectivity index (χ3n) is 1.89. The van der Waals surface area contributed by atoms with Crippen LogP contribution < -0.4 is 5.32 Å². The van der Waals surface area contributed by atoms with Crippen LogP contribution in [0.1, 0.15) is 13.8 Å². The van der Waals surface area contributed by atoms with Gasteiger partial charge in [0.1, 0.15) is 0 Å². The second-order valence-corrected chi connectivity index (χ2v) is 3.33. The summed E-state index contributed by atoms with van der Waals surface area (Å²) in [6, 6.07) is 0. The maximum atomic E-state index is 9.49. The predicted molar refractivity (Wildman–Crippen MR) is 62.7 cm³/mol. The monoisotopic (exact) mass is 235 g/mol. The minimum atomic E-state index is -0.469. The Morgan fingerprint density at radius 2 is 1.62 bits per heavy atom. The largest absolute Gasteiger partial charge is 0.389 e. The fourth-order valence-corrected chi connectivity index (χ4v) is 1.10. The minimum Gasteiger partial charge on any atom is -0.389 e. The van der Waals surface area contributed by atoms with Gasteiger partial charge in [-0.1, -0.05) is 0 Å². The maximum Gasteiger partial charge on any atom is 0.0897 e. The third-order valence-corrected chi connectivity index (χ3v) is 1.89. The summed E-state index contributed by atoms with van der Waals surface area (Å²) in [5, 5.41) is 12.6. The van der Waals surface area contributed by atoms with E-state index in [2.05, 4.69) is 5.32 Å². The molecule has 1 unspecified atom stereocenters. The molecule has 0 aromatic carbocycles. The van der Waals surface area contributed by atoms with Crippen molar-refractivity contribution in [2.24, 2.45) is 0 Å². The topological polar surface area (TPSA) is 60.0 Å². The summed E-state index contributed by atoms with van der Waals surface area (Å²) >= 11 is 0. The highest BCUT2D eigenvalue weighted by atomic mass is 16.5. The molecule has 0 amide bonds. The van der Waals surface area contributed by atoms with E-state index in [1.807, 2.05) is 13.8 Å². The van der Waals surface area contributed by atoms with Gasteiger partial charge in [0.05, 0.1) is 32.5 Å². The lowest BCUT2D eigenvalue weighted by Gasteiger charge is -2.12. The van der Waals surface area contributed by atoms with E-state index in [1.165, 1.54) is 0 Å². The van der Waals surface area contributed by atoms with Crippen molar-refractivity contribution in [3.8, 4) is 0 Å². The summed E-state index contributed by atoms with van der Waals surface area (Å²) in [6.07, 6.45) is -0.469. The highest BCUT2D eigenvalue weighted by Crippen LogP contribution is 1.85. The lowest BCUT2D eigenvalue weighted by Crippen LogP contribution is -2.32. The van der Waals surface area contributed by atoms with Gasteiger partial charge >= 0.3 is 0 Å². The lowest BCUT2D eigenvalue weighted by molar-refractivity contribution is 0.00603. The Balaban J connectivity index is 3.09. The summed E-state index contributed by atoms with van der Waals surface area (Å²) in [7, 11) is 0. The maximum absolute atomic E-state index is 9.49. The molecule has 0 heterocycles. The van der Waals surface area contributed by atoms with E-state index in [1.54, 1.807) is 0 Å². The van der Waals surface area contributed by atoms with E-state index in [9.17, 15) is 5.11 Å². The van der Waals surface area contributed by atoms with Crippen LogP contribution in [0.15, 0.2) is 0 Å². The Kier molecular flexibility index (Phi) is 12.7. The van der Waals surface area contributed by atoms with Crippen LogP contribution >= 0.6 is 0 Å². The first kappa shape index (κ1) is 15.8. The van der Waals surface area contributed by atoms with Crippen molar-refractivity contribution in [1.29, 1.82) is 0 Å². The molecule has 0 saturated heterocycles. The van der Waals surface area contributed by atoms with Crippen LogP contribution in [0, 0.1) is 0 Å². The average molecular weight is 235 g/mol. The molecular weight excluding hydrogens is 210 g/mol. The van der Waals surface area contributed by atoms with Gasteiger partial charge in [-0.2, -0.15) is 0 Å². The molecule has 0 rings (SSSR count). The quantitative estimate of drug-likeness (QED) is 0.467. The van der Waals surface area contributed by atoms with E-state index < -0.39 is 6.10 Å². The van der Waals surface area contributed by atoms with Crippen molar-refractivity contribution in [1.82, 2.24) is 5.32 Å². The van der Waals surface area contributed by atoms with E-state index >= 15 is 0 Å². The lowest BCUT2D eigenvalue weighted by atomic mass is 10.4. The molecule has 16 heavy (non-hydrogen) atoms. The number of nitrogens with one attached hydrogen (secondary N) is 1. The zero-order valence-corrected chi connectivity index (χ0v) is 10.4. The summed E-state index contributed by atoms with van der Waals surface area (Å²) < 4.78 is 15.5. The van der Waals surface area contributed by atoms with Gasteiger partial charge in [-0.15, -0.1) is 0 Å². The standard InChI is InChI=1S/C11H25NO4/c1-3-14-6-5-12-9-11(13)10-16-8-7-15-4-2/h11-13H,3-10H2,1-2H3. The van der Waals surface area contributed by atoms with Crippen molar-refractivity contribution in [3.05, 3.63) is 0 Å². The first-order valence-corrected chi connectivity index (χ1v) is 5.93. The minimum absolute atomic E-state index is 0.342. The van der Waals surface area contributed by atoms with Gasteiger partial charge < -0.3 is 24.6 Å². The first-order valence-electron chi connectivity index (χ1n) is 5.93. The van der Waals surface area contributed by atoms with E-state index in [0.717, 1.165) is 13.2 Å². The van der Waals surface area contributed by atoms with Gasteiger partial charge in [0.25, 0.3) is 0 Å². The predicted octanol–water partition coefficient (Wildman–Crippen LogP) is 0.0265. The van der Waals surface area contributed by atoms with Crippen LogP contribution in [0.3, 0.4) is 0 Å². The first-order chi connectivity index (χ1) is 7.81. The molecule has 0 radical (unpaired) electrons. The van der Waals surface area contributed by atoms with Crippen LogP contribution in [-0.4, -0.2) is 63.9 Å². The summed E-state index contributed by atoms with van der Waals surface area (Å²) in [5.41, 5.74) is 0. The molecule has 0 bridgehead atoms. The SMILES string of the molecule is CCOCCNCC(O)COCCOCC. The molecule has 0 saturated carbocycles. The Labute approximate surface area is 98.1 Å². The van der Waals surface area contributed by atoms with E-state index in [-0.39, 0.29) is 0 Å². The summed E-state index contributed by atoms with van der Waals surface area (Å²) in [4.78, 5) is 0. The molecule has 5 heteroatoms. The van der Waals surface area contributed by atoms with E-state index in [4.69, 9.17) is 14.2 Å². The van der Waals surface area contributed by atoms with Gasteiger partial charge in [-0.25, -0.2) is 0 Å². The molecule has 0 aliphatic heterocycles. The van der Waals surface area contributed by atoms with E-state index in [0.29, 0.717) is 39.6 Å². The average Bonchev–Trinajstić information content (AvgIpc) is 2.28. The molecule has 0 aliphatic rings. The van der Waals surface area contributed by atoms with Gasteiger partial charge in [-0.3, -0.25) is 0 Å². The Morgan fingerprint density at radius 3 is 2.31 bits per heavy atom. The van der Waals surface area contributed by atoms with Crippen LogP contribution in [0.25, 0.3) is 0 Å². The second-order valence-electron chi connectivity index (χ2n) is 3.33. The van der Waals surface area contributed by atoms with Crippen molar-refractivity contribution in [3.63, 3.8) is 0 Å². The van der Waals surface area contributed by atoms with Gasteiger partial charge in [0.15, 0.2) is 0 Å². The van der Waals surface area contributed by atoms with Crippen molar-refractivity contribution in [2.45, 2.75) is 20.0 Å². The molecular formula is C11H25NO4. The van der Waals surface area contributed by atoms with Crippen molar-refractivity contribution in [2.75, 3.05) is 52.7 Å². The fraction of sp³-hybridized carbons (Fsp3) is 1.00. The Hall–Kier alpha value is -0.200. The number of ether oxygens (including phenoxy) is 3. The zero-order valence-electron chi connectivity index (χ0n) is 10.4. The zero-order chi connectivity index (χ0) is 12.1. The van der Waals surface area contributed by atoms with Crippen molar-refractivity contribution >= 4 is 0 Å². The molecule has 0 fully saturated rings. The Bertz CT molecular complexity index is 121. The molecule has 2 N–H and O–H groups in total. The third kappa shape index (κ3) is 11.9. The van der Waals surface area contributed by atoms with Crippen LogP contribution in [0.5, 0.6) is 0 Å². The molecule has 1 atom stereocenters. The number of aliphatic hydroxyl groups is 1. The second kappa shape index (κ2) is 12.9. The molecule has 0 aliphatic carbocycles. The van der Waals surface area contributed by atoms with Crippen LogP contribution in [-0.2, 0) is 14.2 Å². The highest BCUT2D eigenvalue weighted by molar-refractivity contribution is 4.57. The summed E-state index contributed by atoms with van der Waals surface area (Å²) in [5.74, 6) is 0. The fourth-order valence-electron chi connectivity index (χ4n) is 1.10. The molecule has 0 aromatic heterocycles. The molecule has 0 aromatic rings. The highest BCUT2D eigenvalue weighted by Gasteiger charge is 2.02. The normalized spacial score (nSPS) is 12.9. The number of hydrogen-bond donors (Lipinski definition) is 2. The number of rotatable bonds is 12. The van der Waals surface area contributed by atoms with Crippen LogP contribution in [0.2, 0.25) is 0 Å². The van der Waals surface area contributed by atoms with Gasteiger partial charge in [0, 0.05) is 26.3 Å². The van der Waals surface area contributed by atoms with Crippen molar-refractivity contribution < 1.29 is 19.3 Å². The number of hydrogen-bond acceptors (Lipinski definition) is 5. The molecule has 0 spiro atoms. The summed E-state index contributed by atoms with van der Waals surface area (Å²) in [6.45, 7) is 8.74. The van der Waals surface area contributed by atoms with Gasteiger partial charge in [-0.05, 0) is 13.8 Å². The Morgan fingerprint density at radius 1 is 1.00 bits per heavy atom. The number of aliphatic hydroxyl groups excluding tert-OH is 1. The molecule has 98 valence electrons. The molecule has 5 nitrogen and oxygen atoms in total. The van der Waals surface area contributed by atoms with Gasteiger partial charge in [0.2, 0.25) is 0 Å². The van der Waals surface area contributed by atoms with Crippen LogP contribution in [0.4, 0.5) is 0 Å².